The molecule has 6 heteroatoms. The van der Waals surface area contributed by atoms with Crippen molar-refractivity contribution in [2.75, 3.05) is 19.0 Å². The van der Waals surface area contributed by atoms with Crippen molar-refractivity contribution in [1.29, 1.82) is 0 Å². The monoisotopic (exact) mass is 364 g/mol. The molecule has 0 saturated heterocycles. The smallest absolute Gasteiger partial charge is 0.356 e. The topological polar surface area (TPSA) is 71.2 Å². The van der Waals surface area contributed by atoms with E-state index in [9.17, 15) is 9.90 Å². The summed E-state index contributed by atoms with van der Waals surface area (Å²) in [6.45, 7) is 4.09. The normalized spacial score (nSPS) is 11.4. The van der Waals surface area contributed by atoms with Gasteiger partial charge in [-0.2, -0.15) is 0 Å². The lowest BCUT2D eigenvalue weighted by molar-refractivity contribution is 0.0690. The van der Waals surface area contributed by atoms with E-state index in [1.54, 1.807) is 17.0 Å². The fourth-order valence-electron chi connectivity index (χ4n) is 3.20. The quantitative estimate of drug-likeness (QED) is 0.749. The minimum Gasteiger partial charge on any atom is -0.476 e. The molecule has 0 spiro atoms. The van der Waals surface area contributed by atoms with Gasteiger partial charge in [0.25, 0.3) is 0 Å². The Morgan fingerprint density at radius 1 is 1.19 bits per heavy atom. The van der Waals surface area contributed by atoms with Crippen LogP contribution in [0.3, 0.4) is 0 Å². The highest BCUT2D eigenvalue weighted by atomic mass is 16.4. The molecule has 0 aliphatic carbocycles. The number of carbonyl (C=O) groups is 1. The molecule has 1 aromatic carbocycles. The highest BCUT2D eigenvalue weighted by molar-refractivity contribution is 5.85. The first-order chi connectivity index (χ1) is 12.7. The van der Waals surface area contributed by atoms with Gasteiger partial charge in [0.05, 0.1) is 5.69 Å². The van der Waals surface area contributed by atoms with E-state index in [-0.39, 0.29) is 5.69 Å². The van der Waals surface area contributed by atoms with Crippen LogP contribution in [0.5, 0.6) is 0 Å². The minimum absolute atomic E-state index is 0.0529. The van der Waals surface area contributed by atoms with Gasteiger partial charge in [0.15, 0.2) is 5.69 Å². The van der Waals surface area contributed by atoms with Crippen LogP contribution in [-0.2, 0) is 12.5 Å². The Labute approximate surface area is 159 Å². The molecule has 27 heavy (non-hydrogen) atoms. The summed E-state index contributed by atoms with van der Waals surface area (Å²) in [5.74, 6) is -0.321. The molecule has 1 N–H and O–H groups in total. The summed E-state index contributed by atoms with van der Waals surface area (Å²) < 4.78 is 1.78. The highest BCUT2D eigenvalue weighted by Gasteiger charge is 2.29. The zero-order chi connectivity index (χ0) is 19.8. The fourth-order valence-corrected chi connectivity index (χ4v) is 3.20. The molecule has 2 heterocycles. The van der Waals surface area contributed by atoms with E-state index in [0.717, 1.165) is 22.5 Å². The van der Waals surface area contributed by atoms with Crippen molar-refractivity contribution in [1.82, 2.24) is 14.5 Å². The first kappa shape index (κ1) is 18.6. The third-order valence-corrected chi connectivity index (χ3v) is 4.79. The maximum atomic E-state index is 11.3. The summed E-state index contributed by atoms with van der Waals surface area (Å²) in [6, 6.07) is 12.2. The number of carboxylic acid groups (broad SMARTS) is 1. The average Bonchev–Trinajstić information content (AvgIpc) is 3.05. The maximum Gasteiger partial charge on any atom is 0.356 e. The zero-order valence-corrected chi connectivity index (χ0v) is 16.3. The van der Waals surface area contributed by atoms with Crippen LogP contribution in [-0.4, -0.2) is 39.7 Å². The summed E-state index contributed by atoms with van der Waals surface area (Å²) in [4.78, 5) is 22.2. The second-order valence-corrected chi connectivity index (χ2v) is 7.37. The SMILES string of the molecule is CN(C)c1ccnc(-c2cccc(C(C)(C)c3nc(C(=O)O)cn3C)c2)c1. The Kier molecular flexibility index (Phi) is 4.74. The fraction of sp³-hybridized carbons (Fsp3) is 0.286. The zero-order valence-electron chi connectivity index (χ0n) is 16.3. The number of benzene rings is 1. The molecule has 0 saturated carbocycles. The van der Waals surface area contributed by atoms with Gasteiger partial charge < -0.3 is 14.6 Å². The van der Waals surface area contributed by atoms with Crippen LogP contribution in [0, 0.1) is 0 Å². The van der Waals surface area contributed by atoms with Gasteiger partial charge in [-0.15, -0.1) is 0 Å². The van der Waals surface area contributed by atoms with Crippen LogP contribution in [0.2, 0.25) is 0 Å². The van der Waals surface area contributed by atoms with Crippen LogP contribution < -0.4 is 4.90 Å². The Morgan fingerprint density at radius 3 is 2.56 bits per heavy atom. The molecule has 0 aliphatic rings. The molecule has 140 valence electrons. The standard InChI is InChI=1S/C21H24N4O2/c1-21(2,20-23-18(19(26)27)13-25(20)5)15-8-6-7-14(11-15)17-12-16(24(3)4)9-10-22-17/h6-13H,1-5H3,(H,26,27). The lowest BCUT2D eigenvalue weighted by atomic mass is 9.82. The average molecular weight is 364 g/mol. The van der Waals surface area contributed by atoms with E-state index >= 15 is 0 Å². The molecule has 0 fully saturated rings. The van der Waals surface area contributed by atoms with Crippen LogP contribution in [0.15, 0.2) is 48.8 Å². The molecule has 0 radical (unpaired) electrons. The number of rotatable bonds is 5. The highest BCUT2D eigenvalue weighted by Crippen LogP contribution is 2.33. The third-order valence-electron chi connectivity index (χ3n) is 4.79. The van der Waals surface area contributed by atoms with E-state index in [2.05, 4.69) is 22.1 Å². The first-order valence-electron chi connectivity index (χ1n) is 8.71. The number of anilines is 1. The van der Waals surface area contributed by atoms with Gasteiger partial charge in [-0.3, -0.25) is 4.98 Å². The van der Waals surface area contributed by atoms with E-state index in [1.165, 1.54) is 0 Å². The lowest BCUT2D eigenvalue weighted by Crippen LogP contribution is -2.23. The molecule has 0 aliphatic heterocycles. The van der Waals surface area contributed by atoms with Gasteiger partial charge in [-0.1, -0.05) is 18.2 Å². The largest absolute Gasteiger partial charge is 0.476 e. The number of imidazole rings is 1. The molecule has 0 bridgehead atoms. The lowest BCUT2D eigenvalue weighted by Gasteiger charge is -2.25. The maximum absolute atomic E-state index is 11.3. The predicted molar refractivity (Wildman–Crippen MR) is 106 cm³/mol. The number of hydrogen-bond donors (Lipinski definition) is 1. The van der Waals surface area contributed by atoms with E-state index in [1.807, 2.05) is 64.2 Å². The minimum atomic E-state index is -1.02. The van der Waals surface area contributed by atoms with Crippen molar-refractivity contribution in [3.63, 3.8) is 0 Å². The predicted octanol–water partition coefficient (Wildman–Crippen LogP) is 3.57. The van der Waals surface area contributed by atoms with Crippen molar-refractivity contribution in [3.8, 4) is 11.3 Å². The summed E-state index contributed by atoms with van der Waals surface area (Å²) in [7, 11) is 5.82. The molecule has 2 aromatic heterocycles. The second kappa shape index (κ2) is 6.87. The van der Waals surface area contributed by atoms with Crippen molar-refractivity contribution in [2.45, 2.75) is 19.3 Å². The van der Waals surface area contributed by atoms with Gasteiger partial charge in [-0.05, 0) is 37.6 Å². The Bertz CT molecular complexity index is 989. The number of carboxylic acids is 1. The molecule has 6 nitrogen and oxygen atoms in total. The van der Waals surface area contributed by atoms with Crippen LogP contribution in [0.4, 0.5) is 5.69 Å². The van der Waals surface area contributed by atoms with Crippen molar-refractivity contribution >= 4 is 11.7 Å². The van der Waals surface area contributed by atoms with Gasteiger partial charge in [0.1, 0.15) is 5.82 Å². The van der Waals surface area contributed by atoms with Crippen molar-refractivity contribution in [3.05, 3.63) is 65.9 Å². The summed E-state index contributed by atoms with van der Waals surface area (Å²) in [5.41, 5.74) is 3.62. The summed E-state index contributed by atoms with van der Waals surface area (Å²) >= 11 is 0. The second-order valence-electron chi connectivity index (χ2n) is 7.37. The Balaban J connectivity index is 2.04. The molecular formula is C21H24N4O2. The molecular weight excluding hydrogens is 340 g/mol. The number of nitrogens with zero attached hydrogens (tertiary/aromatic N) is 4. The number of pyridine rings is 1. The number of aromatic carboxylic acids is 1. The van der Waals surface area contributed by atoms with Crippen molar-refractivity contribution in [2.24, 2.45) is 7.05 Å². The van der Waals surface area contributed by atoms with Gasteiger partial charge in [0, 0.05) is 50.2 Å². The van der Waals surface area contributed by atoms with E-state index < -0.39 is 11.4 Å². The number of aryl methyl sites for hydroxylation is 1. The Morgan fingerprint density at radius 2 is 1.93 bits per heavy atom. The molecule has 3 rings (SSSR count). The van der Waals surface area contributed by atoms with Crippen molar-refractivity contribution < 1.29 is 9.90 Å². The number of hydrogen-bond acceptors (Lipinski definition) is 4. The first-order valence-corrected chi connectivity index (χ1v) is 8.71. The molecule has 0 unspecified atom stereocenters. The van der Waals surface area contributed by atoms with E-state index in [0.29, 0.717) is 5.82 Å². The summed E-state index contributed by atoms with van der Waals surface area (Å²) in [6.07, 6.45) is 3.35. The number of aromatic nitrogens is 3. The molecule has 3 aromatic rings. The van der Waals surface area contributed by atoms with Gasteiger partial charge in [-0.25, -0.2) is 9.78 Å². The van der Waals surface area contributed by atoms with Crippen LogP contribution in [0.1, 0.15) is 35.7 Å². The van der Waals surface area contributed by atoms with Crippen LogP contribution in [0.25, 0.3) is 11.3 Å². The molecule has 0 atom stereocenters. The third kappa shape index (κ3) is 3.56. The molecule has 0 amide bonds. The van der Waals surface area contributed by atoms with Gasteiger partial charge in [0.2, 0.25) is 0 Å². The van der Waals surface area contributed by atoms with Crippen LogP contribution >= 0.6 is 0 Å². The van der Waals surface area contributed by atoms with E-state index in [4.69, 9.17) is 0 Å². The summed E-state index contributed by atoms with van der Waals surface area (Å²) in [5, 5.41) is 9.23. The Hall–Kier alpha value is -3.15. The van der Waals surface area contributed by atoms with Gasteiger partial charge >= 0.3 is 5.97 Å².